The molecule has 0 amide bonds. The molecule has 2 aromatic rings. The van der Waals surface area contributed by atoms with Gasteiger partial charge in [0.25, 0.3) is 0 Å². The van der Waals surface area contributed by atoms with Gasteiger partial charge in [-0.15, -0.1) is 0 Å². The summed E-state index contributed by atoms with van der Waals surface area (Å²) in [5.74, 6) is 0.954. The molecule has 8 heteroatoms. The van der Waals surface area contributed by atoms with Gasteiger partial charge in [0.1, 0.15) is 5.69 Å². The molecule has 90 valence electrons. The minimum Gasteiger partial charge on any atom is -0.393 e. The van der Waals surface area contributed by atoms with Crippen molar-refractivity contribution >= 4 is 40.5 Å². The van der Waals surface area contributed by atoms with Crippen LogP contribution in [0.2, 0.25) is 10.4 Å². The fourth-order valence-electron chi connectivity index (χ4n) is 1.25. The number of nitrogens with zero attached hydrogens (tertiary/aromatic N) is 4. The number of nitrogens with one attached hydrogen (secondary N) is 1. The lowest BCUT2D eigenvalue weighted by Gasteiger charge is -2.06. The highest BCUT2D eigenvalue weighted by Gasteiger charge is 2.11. The summed E-state index contributed by atoms with van der Waals surface area (Å²) in [4.78, 5) is 7.68. The number of nitrogens with two attached hydrogens (primary N) is 1. The maximum absolute atomic E-state index is 5.80. The van der Waals surface area contributed by atoms with Gasteiger partial charge in [0.05, 0.1) is 0 Å². The molecule has 0 bridgehead atoms. The lowest BCUT2D eigenvalue weighted by atomic mass is 10.4. The van der Waals surface area contributed by atoms with E-state index in [1.807, 2.05) is 20.0 Å². The Balaban J connectivity index is 2.36. The van der Waals surface area contributed by atoms with E-state index in [1.165, 1.54) is 0 Å². The van der Waals surface area contributed by atoms with E-state index < -0.39 is 0 Å². The minimum absolute atomic E-state index is 0.0272. The van der Waals surface area contributed by atoms with Crippen LogP contribution in [0, 0.1) is 6.92 Å². The van der Waals surface area contributed by atoms with E-state index in [4.69, 9.17) is 28.9 Å². The average molecular weight is 273 g/mol. The topological polar surface area (TPSA) is 81.7 Å². The molecule has 2 aromatic heterocycles. The Hall–Kier alpha value is -1.53. The van der Waals surface area contributed by atoms with Gasteiger partial charge < -0.3 is 11.1 Å². The number of anilines is 3. The Morgan fingerprint density at radius 2 is 2.06 bits per heavy atom. The normalized spacial score (nSPS) is 10.6. The van der Waals surface area contributed by atoms with Crippen LogP contribution in [0.5, 0.6) is 0 Å². The van der Waals surface area contributed by atoms with Crippen LogP contribution >= 0.6 is 23.2 Å². The first-order chi connectivity index (χ1) is 7.97. The summed E-state index contributed by atoms with van der Waals surface area (Å²) in [5, 5.41) is 7.29. The molecular weight excluding hydrogens is 263 g/mol. The number of rotatable bonds is 2. The van der Waals surface area contributed by atoms with Gasteiger partial charge in [-0.25, -0.2) is 4.98 Å². The van der Waals surface area contributed by atoms with E-state index in [0.29, 0.717) is 11.6 Å². The van der Waals surface area contributed by atoms with Gasteiger partial charge in [0.15, 0.2) is 16.8 Å². The number of hydrogen-bond donors (Lipinski definition) is 2. The Kier molecular flexibility index (Phi) is 3.08. The van der Waals surface area contributed by atoms with E-state index in [2.05, 4.69) is 20.4 Å². The molecule has 0 atom stereocenters. The summed E-state index contributed by atoms with van der Waals surface area (Å²) >= 11 is 11.5. The van der Waals surface area contributed by atoms with Crippen LogP contribution in [-0.2, 0) is 7.05 Å². The predicted molar refractivity (Wildman–Crippen MR) is 67.7 cm³/mol. The van der Waals surface area contributed by atoms with Crippen LogP contribution in [0.25, 0.3) is 0 Å². The molecule has 0 aliphatic rings. The summed E-state index contributed by atoms with van der Waals surface area (Å²) in [5.41, 5.74) is 6.96. The maximum atomic E-state index is 5.80. The van der Waals surface area contributed by atoms with Gasteiger partial charge in [-0.1, -0.05) is 11.6 Å². The number of hydrogen-bond acceptors (Lipinski definition) is 5. The second-order valence-electron chi connectivity index (χ2n) is 3.47. The second kappa shape index (κ2) is 4.38. The van der Waals surface area contributed by atoms with Crippen molar-refractivity contribution in [2.45, 2.75) is 6.92 Å². The highest BCUT2D eigenvalue weighted by Crippen LogP contribution is 2.27. The SMILES string of the molecule is Cc1cc(Nc2nc(Cl)nc(Cl)c2N)nn1C. The standard InChI is InChI=1S/C9H10Cl2N6/c1-4-3-5(16-17(4)2)13-8-6(12)7(10)14-9(11)15-8/h3H,12H2,1-2H3,(H,13,14,15,16). The first-order valence-corrected chi connectivity index (χ1v) is 5.49. The molecule has 2 heterocycles. The van der Waals surface area contributed by atoms with Crippen molar-refractivity contribution < 1.29 is 0 Å². The van der Waals surface area contributed by atoms with Gasteiger partial charge >= 0.3 is 0 Å². The predicted octanol–water partition coefficient (Wildman–Crippen LogP) is 2.15. The highest BCUT2D eigenvalue weighted by atomic mass is 35.5. The zero-order chi connectivity index (χ0) is 12.6. The van der Waals surface area contributed by atoms with Crippen LogP contribution in [0.3, 0.4) is 0 Å². The Bertz CT molecular complexity index is 545. The van der Waals surface area contributed by atoms with E-state index in [9.17, 15) is 0 Å². The Labute approximate surface area is 108 Å². The van der Waals surface area contributed by atoms with E-state index in [-0.39, 0.29) is 16.1 Å². The molecular formula is C9H10Cl2N6. The third kappa shape index (κ3) is 2.42. The van der Waals surface area contributed by atoms with Crippen LogP contribution in [0.15, 0.2) is 6.07 Å². The number of aromatic nitrogens is 4. The van der Waals surface area contributed by atoms with E-state index >= 15 is 0 Å². The molecule has 0 fully saturated rings. The maximum Gasteiger partial charge on any atom is 0.225 e. The van der Waals surface area contributed by atoms with Gasteiger partial charge in [0.2, 0.25) is 5.28 Å². The van der Waals surface area contributed by atoms with Crippen molar-refractivity contribution in [3.8, 4) is 0 Å². The van der Waals surface area contributed by atoms with Crippen molar-refractivity contribution in [2.24, 2.45) is 7.05 Å². The minimum atomic E-state index is 0.0272. The molecule has 3 N–H and O–H groups in total. The van der Waals surface area contributed by atoms with Crippen LogP contribution in [0.4, 0.5) is 17.3 Å². The van der Waals surface area contributed by atoms with E-state index in [0.717, 1.165) is 5.69 Å². The van der Waals surface area contributed by atoms with Gasteiger partial charge in [0, 0.05) is 18.8 Å². The van der Waals surface area contributed by atoms with Crippen molar-refractivity contribution in [1.82, 2.24) is 19.7 Å². The number of nitrogen functional groups attached to an aromatic ring is 1. The summed E-state index contributed by atoms with van der Waals surface area (Å²) in [6.45, 7) is 1.93. The highest BCUT2D eigenvalue weighted by molar-refractivity contribution is 6.34. The third-order valence-electron chi connectivity index (χ3n) is 2.23. The molecule has 2 rings (SSSR count). The molecule has 0 saturated heterocycles. The molecule has 0 saturated carbocycles. The quantitative estimate of drug-likeness (QED) is 0.647. The molecule has 0 unspecified atom stereocenters. The van der Waals surface area contributed by atoms with Crippen molar-refractivity contribution in [3.63, 3.8) is 0 Å². The molecule has 6 nitrogen and oxygen atoms in total. The van der Waals surface area contributed by atoms with Gasteiger partial charge in [-0.05, 0) is 18.5 Å². The Morgan fingerprint density at radius 3 is 2.65 bits per heavy atom. The van der Waals surface area contributed by atoms with Crippen molar-refractivity contribution in [1.29, 1.82) is 0 Å². The molecule has 0 aliphatic heterocycles. The second-order valence-corrected chi connectivity index (χ2v) is 4.16. The zero-order valence-electron chi connectivity index (χ0n) is 9.20. The Morgan fingerprint density at radius 1 is 1.35 bits per heavy atom. The summed E-state index contributed by atoms with van der Waals surface area (Å²) < 4.78 is 1.73. The lowest BCUT2D eigenvalue weighted by Crippen LogP contribution is -2.03. The fraction of sp³-hybridized carbons (Fsp3) is 0.222. The zero-order valence-corrected chi connectivity index (χ0v) is 10.7. The largest absolute Gasteiger partial charge is 0.393 e. The van der Waals surface area contributed by atoms with Crippen LogP contribution in [0.1, 0.15) is 5.69 Å². The van der Waals surface area contributed by atoms with E-state index in [1.54, 1.807) is 4.68 Å². The molecule has 0 spiro atoms. The summed E-state index contributed by atoms with van der Waals surface area (Å²) in [7, 11) is 1.84. The summed E-state index contributed by atoms with van der Waals surface area (Å²) in [6, 6.07) is 1.85. The van der Waals surface area contributed by atoms with Gasteiger partial charge in [-0.3, -0.25) is 4.68 Å². The lowest BCUT2D eigenvalue weighted by molar-refractivity contribution is 0.743. The number of halogens is 2. The van der Waals surface area contributed by atoms with Crippen molar-refractivity contribution in [2.75, 3.05) is 11.1 Å². The average Bonchev–Trinajstić information content (AvgIpc) is 2.54. The first-order valence-electron chi connectivity index (χ1n) is 4.73. The third-order valence-corrected chi connectivity index (χ3v) is 2.69. The molecule has 17 heavy (non-hydrogen) atoms. The molecule has 0 radical (unpaired) electrons. The van der Waals surface area contributed by atoms with Crippen LogP contribution in [-0.4, -0.2) is 19.7 Å². The molecule has 0 aliphatic carbocycles. The monoisotopic (exact) mass is 272 g/mol. The smallest absolute Gasteiger partial charge is 0.225 e. The molecule has 0 aromatic carbocycles. The van der Waals surface area contributed by atoms with Crippen molar-refractivity contribution in [3.05, 3.63) is 22.2 Å². The summed E-state index contributed by atoms with van der Waals surface area (Å²) in [6.07, 6.45) is 0. The van der Waals surface area contributed by atoms with Crippen LogP contribution < -0.4 is 11.1 Å². The fourth-order valence-corrected chi connectivity index (χ4v) is 1.64. The van der Waals surface area contributed by atoms with Gasteiger partial charge in [-0.2, -0.15) is 10.1 Å². The number of aryl methyl sites for hydroxylation is 2. The first kappa shape index (κ1) is 11.9.